The van der Waals surface area contributed by atoms with Crippen molar-refractivity contribution in [1.82, 2.24) is 25.0 Å². The highest BCUT2D eigenvalue weighted by molar-refractivity contribution is 9.10. The summed E-state index contributed by atoms with van der Waals surface area (Å²) in [6.45, 7) is 8.43. The topological polar surface area (TPSA) is 79.4 Å². The Labute approximate surface area is 235 Å². The van der Waals surface area contributed by atoms with Crippen molar-refractivity contribution in [2.75, 3.05) is 0 Å². The van der Waals surface area contributed by atoms with E-state index in [0.29, 0.717) is 11.3 Å². The number of carbonyl (C=O) groups excluding carboxylic acids is 1. The first-order valence-corrected chi connectivity index (χ1v) is 13.7. The van der Waals surface area contributed by atoms with Crippen molar-refractivity contribution in [2.24, 2.45) is 0 Å². The number of para-hydroxylation sites is 1. The van der Waals surface area contributed by atoms with E-state index in [9.17, 15) is 4.79 Å². The van der Waals surface area contributed by atoms with Gasteiger partial charge in [0, 0.05) is 17.0 Å². The van der Waals surface area contributed by atoms with Crippen LogP contribution in [0.4, 0.5) is 0 Å². The number of nitrogens with zero attached hydrogens (tertiary/aromatic N) is 3. The summed E-state index contributed by atoms with van der Waals surface area (Å²) in [6.07, 6.45) is 0. The van der Waals surface area contributed by atoms with Crippen molar-refractivity contribution in [3.05, 3.63) is 134 Å². The van der Waals surface area contributed by atoms with Crippen LogP contribution in [-0.2, 0) is 0 Å². The van der Waals surface area contributed by atoms with Crippen LogP contribution in [-0.4, -0.2) is 30.7 Å². The van der Waals surface area contributed by atoms with E-state index in [2.05, 4.69) is 75.2 Å². The van der Waals surface area contributed by atoms with Crippen LogP contribution in [0.15, 0.2) is 83.3 Å². The standard InChI is InChI=1S/C32H28BrN5O/c1-18-9-11-22(12-10-18)31(39)26-14-13-25(34-26)30(29-20(3)15-19(2)16-21(29)4)27-17-23(33)32(35-27)38-28-8-6-5-7-24(28)36-37-38/h5-17,30,34-35H,1-4H3. The highest BCUT2D eigenvalue weighted by Crippen LogP contribution is 2.38. The summed E-state index contributed by atoms with van der Waals surface area (Å²) >= 11 is 3.77. The number of hydrogen-bond donors (Lipinski definition) is 2. The molecule has 194 valence electrons. The maximum atomic E-state index is 13.3. The minimum Gasteiger partial charge on any atom is -0.355 e. The Morgan fingerprint density at radius 3 is 2.28 bits per heavy atom. The first-order valence-electron chi connectivity index (χ1n) is 12.9. The van der Waals surface area contributed by atoms with Crippen LogP contribution in [0.2, 0.25) is 0 Å². The normalized spacial score (nSPS) is 12.2. The Kier molecular flexibility index (Phi) is 6.31. The highest BCUT2D eigenvalue weighted by atomic mass is 79.9. The molecule has 6 aromatic rings. The lowest BCUT2D eigenvalue weighted by Gasteiger charge is -2.21. The zero-order valence-electron chi connectivity index (χ0n) is 22.2. The van der Waals surface area contributed by atoms with Crippen LogP contribution in [0.1, 0.15) is 61.2 Å². The van der Waals surface area contributed by atoms with Gasteiger partial charge in [0.05, 0.1) is 21.6 Å². The molecule has 3 aromatic heterocycles. The molecule has 0 saturated carbocycles. The smallest absolute Gasteiger partial charge is 0.209 e. The lowest BCUT2D eigenvalue weighted by Crippen LogP contribution is -2.10. The van der Waals surface area contributed by atoms with Crippen molar-refractivity contribution in [1.29, 1.82) is 0 Å². The quantitative estimate of drug-likeness (QED) is 0.201. The van der Waals surface area contributed by atoms with Crippen LogP contribution >= 0.6 is 15.9 Å². The predicted molar refractivity (Wildman–Crippen MR) is 158 cm³/mol. The molecule has 0 bridgehead atoms. The number of H-pyrrole nitrogens is 2. The highest BCUT2D eigenvalue weighted by Gasteiger charge is 2.27. The lowest BCUT2D eigenvalue weighted by molar-refractivity contribution is 0.103. The molecule has 0 saturated heterocycles. The van der Waals surface area contributed by atoms with E-state index < -0.39 is 0 Å². The fraction of sp³-hybridized carbons (Fsp3) is 0.156. The van der Waals surface area contributed by atoms with Gasteiger partial charge in [0.1, 0.15) is 11.3 Å². The Hall–Kier alpha value is -4.23. The van der Waals surface area contributed by atoms with Gasteiger partial charge in [0.15, 0.2) is 0 Å². The van der Waals surface area contributed by atoms with Gasteiger partial charge >= 0.3 is 0 Å². The predicted octanol–water partition coefficient (Wildman–Crippen LogP) is 7.48. The zero-order chi connectivity index (χ0) is 27.3. The van der Waals surface area contributed by atoms with Crippen molar-refractivity contribution < 1.29 is 4.79 Å². The summed E-state index contributed by atoms with van der Waals surface area (Å²) in [4.78, 5) is 20.4. The maximum Gasteiger partial charge on any atom is 0.209 e. The SMILES string of the molecule is Cc1ccc(C(=O)c2ccc(C(c3cc(Br)c(-n4nnc5ccccc54)[nH]3)c3c(C)cc(C)cc3C)[nH]2)cc1. The largest absolute Gasteiger partial charge is 0.355 e. The first-order chi connectivity index (χ1) is 18.8. The van der Waals surface area contributed by atoms with Gasteiger partial charge in [-0.1, -0.05) is 64.9 Å². The van der Waals surface area contributed by atoms with E-state index in [4.69, 9.17) is 0 Å². The molecule has 0 spiro atoms. The third kappa shape index (κ3) is 4.53. The van der Waals surface area contributed by atoms with Crippen LogP contribution in [0.5, 0.6) is 0 Å². The number of aromatic nitrogens is 5. The van der Waals surface area contributed by atoms with E-state index in [0.717, 1.165) is 38.3 Å². The van der Waals surface area contributed by atoms with Crippen LogP contribution in [0.25, 0.3) is 16.9 Å². The molecule has 0 radical (unpaired) electrons. The molecule has 39 heavy (non-hydrogen) atoms. The second-order valence-corrected chi connectivity index (χ2v) is 11.0. The Balaban J connectivity index is 1.49. The molecule has 0 aliphatic heterocycles. The summed E-state index contributed by atoms with van der Waals surface area (Å²) in [5.41, 5.74) is 10.8. The number of hydrogen-bond acceptors (Lipinski definition) is 3. The molecule has 6 nitrogen and oxygen atoms in total. The molecule has 1 unspecified atom stereocenters. The van der Waals surface area contributed by atoms with E-state index in [1.807, 2.05) is 72.3 Å². The minimum atomic E-state index is -0.162. The van der Waals surface area contributed by atoms with E-state index >= 15 is 0 Å². The molecule has 1 atom stereocenters. The van der Waals surface area contributed by atoms with Gasteiger partial charge in [-0.3, -0.25) is 4.79 Å². The molecule has 0 aliphatic rings. The first kappa shape index (κ1) is 25.1. The van der Waals surface area contributed by atoms with E-state index in [1.165, 1.54) is 22.3 Å². The van der Waals surface area contributed by atoms with Crippen LogP contribution in [0, 0.1) is 27.7 Å². The van der Waals surface area contributed by atoms with Gasteiger partial charge in [-0.2, -0.15) is 4.68 Å². The molecule has 6 rings (SSSR count). The number of halogens is 1. The summed E-state index contributed by atoms with van der Waals surface area (Å²) in [5.74, 6) is 0.610. The number of fused-ring (bicyclic) bond motifs is 1. The van der Waals surface area contributed by atoms with E-state index in [1.54, 1.807) is 0 Å². The number of ketones is 1. The average molecular weight is 579 g/mol. The maximum absolute atomic E-state index is 13.3. The molecular formula is C32H28BrN5O. The number of aromatic amines is 2. The monoisotopic (exact) mass is 577 g/mol. The number of rotatable bonds is 6. The number of carbonyl (C=O) groups is 1. The van der Waals surface area contributed by atoms with Crippen molar-refractivity contribution >= 4 is 32.7 Å². The van der Waals surface area contributed by atoms with Gasteiger partial charge in [-0.25, -0.2) is 0 Å². The van der Waals surface area contributed by atoms with Gasteiger partial charge in [-0.05, 0) is 90.6 Å². The summed E-state index contributed by atoms with van der Waals surface area (Å²) in [7, 11) is 0. The van der Waals surface area contributed by atoms with Gasteiger partial charge in [0.25, 0.3) is 0 Å². The third-order valence-corrected chi connectivity index (χ3v) is 7.85. The van der Waals surface area contributed by atoms with Crippen molar-refractivity contribution in [2.45, 2.75) is 33.6 Å². The van der Waals surface area contributed by atoms with Gasteiger partial charge in [0.2, 0.25) is 5.78 Å². The molecule has 2 N–H and O–H groups in total. The second-order valence-electron chi connectivity index (χ2n) is 10.2. The summed E-state index contributed by atoms with van der Waals surface area (Å²) in [6, 6.07) is 26.0. The number of aryl methyl sites for hydroxylation is 4. The fourth-order valence-corrected chi connectivity index (χ4v) is 5.99. The Bertz CT molecular complexity index is 1820. The Morgan fingerprint density at radius 1 is 0.821 bits per heavy atom. The van der Waals surface area contributed by atoms with E-state index in [-0.39, 0.29) is 11.7 Å². The summed E-state index contributed by atoms with van der Waals surface area (Å²) in [5, 5.41) is 8.74. The van der Waals surface area contributed by atoms with Crippen molar-refractivity contribution in [3.63, 3.8) is 0 Å². The minimum absolute atomic E-state index is 0.0280. The van der Waals surface area contributed by atoms with Crippen molar-refractivity contribution in [3.8, 4) is 5.82 Å². The number of nitrogens with one attached hydrogen (secondary N) is 2. The van der Waals surface area contributed by atoms with Crippen LogP contribution in [0.3, 0.4) is 0 Å². The zero-order valence-corrected chi connectivity index (χ0v) is 23.8. The molecule has 0 aliphatic carbocycles. The molecule has 3 aromatic carbocycles. The van der Waals surface area contributed by atoms with Gasteiger partial charge < -0.3 is 9.97 Å². The summed E-state index contributed by atoms with van der Waals surface area (Å²) < 4.78 is 2.69. The third-order valence-electron chi connectivity index (χ3n) is 7.25. The van der Waals surface area contributed by atoms with Crippen LogP contribution < -0.4 is 0 Å². The molecule has 3 heterocycles. The lowest BCUT2D eigenvalue weighted by atomic mass is 9.85. The molecule has 7 heteroatoms. The molecule has 0 amide bonds. The second kappa shape index (κ2) is 9.82. The average Bonchev–Trinajstić information content (AvgIpc) is 3.64. The fourth-order valence-electron chi connectivity index (χ4n) is 5.48. The van der Waals surface area contributed by atoms with Gasteiger partial charge in [-0.15, -0.1) is 5.10 Å². The molecular weight excluding hydrogens is 550 g/mol. The Morgan fingerprint density at radius 2 is 1.54 bits per heavy atom. The molecule has 0 fully saturated rings. The number of benzene rings is 3.